The van der Waals surface area contributed by atoms with Crippen LogP contribution in [-0.4, -0.2) is 4.92 Å². The van der Waals surface area contributed by atoms with Crippen molar-refractivity contribution in [2.45, 2.75) is 24.7 Å². The highest BCUT2D eigenvalue weighted by molar-refractivity contribution is 5.66. The fourth-order valence-corrected chi connectivity index (χ4v) is 3.96. The second-order valence-electron chi connectivity index (χ2n) is 6.26. The van der Waals surface area contributed by atoms with E-state index in [4.69, 9.17) is 0 Å². The number of rotatable bonds is 2. The van der Waals surface area contributed by atoms with Crippen LogP contribution in [-0.2, 0) is 0 Å². The number of hydrogen-bond acceptors (Lipinski definition) is 2. The highest BCUT2D eigenvalue weighted by atomic mass is 19.2. The molecule has 0 saturated heterocycles. The van der Waals surface area contributed by atoms with E-state index in [9.17, 15) is 27.7 Å². The molecule has 0 heterocycles. The van der Waals surface area contributed by atoms with Gasteiger partial charge in [0.2, 0.25) is 0 Å². The lowest BCUT2D eigenvalue weighted by molar-refractivity contribution is -0.384. The monoisotopic (exact) mass is 349 g/mol. The zero-order chi connectivity index (χ0) is 17.9. The summed E-state index contributed by atoms with van der Waals surface area (Å²) in [5.41, 5.74) is 1.06. The largest absolute Gasteiger partial charge is 0.269 e. The van der Waals surface area contributed by atoms with Crippen LogP contribution in [0.5, 0.6) is 0 Å². The molecule has 0 amide bonds. The molecule has 128 valence electrons. The van der Waals surface area contributed by atoms with Crippen molar-refractivity contribution < 1.29 is 22.5 Å². The smallest absolute Gasteiger partial charge is 0.258 e. The van der Waals surface area contributed by atoms with Crippen LogP contribution in [0, 0.1) is 33.4 Å². The molecule has 2 atom stereocenters. The van der Waals surface area contributed by atoms with Crippen LogP contribution in [0.25, 0.3) is 6.08 Å². The van der Waals surface area contributed by atoms with Crippen LogP contribution in [0.3, 0.4) is 0 Å². The lowest BCUT2D eigenvalue weighted by atomic mass is 9.90. The summed E-state index contributed by atoms with van der Waals surface area (Å²) in [7, 11) is 0. The molecule has 2 aliphatic carbocycles. The van der Waals surface area contributed by atoms with E-state index in [0.717, 1.165) is 0 Å². The number of benzene rings is 2. The quantitative estimate of drug-likeness (QED) is 0.246. The number of hydrogen-bond donors (Lipinski definition) is 0. The van der Waals surface area contributed by atoms with Gasteiger partial charge in [-0.3, -0.25) is 10.1 Å². The van der Waals surface area contributed by atoms with Gasteiger partial charge in [-0.05, 0) is 30.5 Å². The lowest BCUT2D eigenvalue weighted by Crippen LogP contribution is -2.09. The Labute approximate surface area is 139 Å². The minimum atomic E-state index is -1.78. The summed E-state index contributed by atoms with van der Waals surface area (Å²) in [6.45, 7) is 0. The van der Waals surface area contributed by atoms with Crippen LogP contribution in [0.2, 0.25) is 0 Å². The maximum absolute atomic E-state index is 14.2. The van der Waals surface area contributed by atoms with Gasteiger partial charge in [-0.15, -0.1) is 0 Å². The number of fused-ring (bicyclic) bond motifs is 5. The normalized spacial score (nSPS) is 20.7. The molecule has 4 rings (SSSR count). The molecule has 0 N–H and O–H groups in total. The van der Waals surface area contributed by atoms with Gasteiger partial charge < -0.3 is 0 Å². The molecule has 2 aromatic carbocycles. The Morgan fingerprint density at radius 3 is 1.80 bits per heavy atom. The first-order valence-electron chi connectivity index (χ1n) is 7.71. The van der Waals surface area contributed by atoms with Crippen molar-refractivity contribution in [2.24, 2.45) is 0 Å². The van der Waals surface area contributed by atoms with E-state index < -0.39 is 40.0 Å². The number of halogens is 4. The Morgan fingerprint density at radius 2 is 1.36 bits per heavy atom. The summed E-state index contributed by atoms with van der Waals surface area (Å²) in [4.78, 5) is 10.2. The second kappa shape index (κ2) is 5.40. The summed E-state index contributed by atoms with van der Waals surface area (Å²) in [6.07, 6.45) is 2.75. The standard InChI is InChI=1S/C18H11F4NO2/c19-15-13-10-5-6-11(14(13)16(20)18(22)17(15)21)12(10)7-8-1-3-9(4-2-8)23(24)25/h1-4,7,10-11H,5-6H2. The first-order valence-corrected chi connectivity index (χ1v) is 7.71. The fraction of sp³-hybridized carbons (Fsp3) is 0.222. The van der Waals surface area contributed by atoms with Gasteiger partial charge in [-0.25, -0.2) is 17.6 Å². The van der Waals surface area contributed by atoms with Gasteiger partial charge in [-0.2, -0.15) is 0 Å². The van der Waals surface area contributed by atoms with E-state index in [2.05, 4.69) is 0 Å². The zero-order valence-electron chi connectivity index (χ0n) is 12.7. The summed E-state index contributed by atoms with van der Waals surface area (Å²) < 4.78 is 55.5. The molecule has 0 spiro atoms. The van der Waals surface area contributed by atoms with Crippen molar-refractivity contribution in [1.82, 2.24) is 0 Å². The predicted octanol–water partition coefficient (Wildman–Crippen LogP) is 5.21. The molecule has 25 heavy (non-hydrogen) atoms. The minimum absolute atomic E-state index is 0.0685. The molecule has 2 bridgehead atoms. The van der Waals surface area contributed by atoms with Crippen molar-refractivity contribution in [3.63, 3.8) is 0 Å². The van der Waals surface area contributed by atoms with Gasteiger partial charge in [0.25, 0.3) is 5.69 Å². The van der Waals surface area contributed by atoms with Crippen molar-refractivity contribution in [2.75, 3.05) is 0 Å². The average molecular weight is 349 g/mol. The van der Waals surface area contributed by atoms with Gasteiger partial charge in [0.1, 0.15) is 0 Å². The number of nitro groups is 1. The molecule has 0 aliphatic heterocycles. The molecule has 0 radical (unpaired) electrons. The van der Waals surface area contributed by atoms with E-state index in [1.54, 1.807) is 6.08 Å². The van der Waals surface area contributed by atoms with E-state index >= 15 is 0 Å². The lowest BCUT2D eigenvalue weighted by Gasteiger charge is -2.16. The third-order valence-corrected chi connectivity index (χ3v) is 5.02. The van der Waals surface area contributed by atoms with Crippen LogP contribution >= 0.6 is 0 Å². The van der Waals surface area contributed by atoms with Gasteiger partial charge in [0.05, 0.1) is 4.92 Å². The zero-order valence-corrected chi connectivity index (χ0v) is 12.7. The molecule has 2 aliphatic rings. The fourth-order valence-electron chi connectivity index (χ4n) is 3.96. The Kier molecular flexibility index (Phi) is 3.42. The third kappa shape index (κ3) is 2.18. The Morgan fingerprint density at radius 1 is 0.880 bits per heavy atom. The highest BCUT2D eigenvalue weighted by Gasteiger charge is 2.47. The molecule has 1 saturated carbocycles. The van der Waals surface area contributed by atoms with Crippen molar-refractivity contribution >= 4 is 11.8 Å². The molecular weight excluding hydrogens is 338 g/mol. The van der Waals surface area contributed by atoms with Crippen molar-refractivity contribution in [3.8, 4) is 0 Å². The molecule has 1 fully saturated rings. The SMILES string of the molecule is O=[N+]([O-])c1ccc(C=C2C3CCC2c2c(F)c(F)c(F)c(F)c23)cc1. The molecule has 2 aromatic rings. The Bertz CT molecular complexity index is 892. The van der Waals surface area contributed by atoms with Crippen LogP contribution in [0.4, 0.5) is 23.2 Å². The van der Waals surface area contributed by atoms with Crippen LogP contribution < -0.4 is 0 Å². The Balaban J connectivity index is 1.80. The third-order valence-electron chi connectivity index (χ3n) is 5.02. The first-order chi connectivity index (χ1) is 11.9. The molecule has 0 aromatic heterocycles. The maximum atomic E-state index is 14.2. The summed E-state index contributed by atoms with van der Waals surface area (Å²) in [6, 6.07) is 5.72. The minimum Gasteiger partial charge on any atom is -0.258 e. The number of nitro benzene ring substituents is 1. The van der Waals surface area contributed by atoms with E-state index in [1.807, 2.05) is 0 Å². The molecule has 3 nitrogen and oxygen atoms in total. The second-order valence-corrected chi connectivity index (χ2v) is 6.26. The van der Waals surface area contributed by atoms with E-state index in [0.29, 0.717) is 24.0 Å². The van der Waals surface area contributed by atoms with Crippen LogP contribution in [0.15, 0.2) is 29.8 Å². The summed E-state index contributed by atoms with van der Waals surface area (Å²) in [5.74, 6) is -7.21. The summed E-state index contributed by atoms with van der Waals surface area (Å²) in [5, 5.41) is 10.7. The van der Waals surface area contributed by atoms with Gasteiger partial charge in [0, 0.05) is 35.1 Å². The number of allylic oxidation sites excluding steroid dienone is 1. The van der Waals surface area contributed by atoms with Gasteiger partial charge in [0.15, 0.2) is 23.3 Å². The highest BCUT2D eigenvalue weighted by Crippen LogP contribution is 2.59. The first kappa shape index (κ1) is 15.8. The predicted molar refractivity (Wildman–Crippen MR) is 82.1 cm³/mol. The van der Waals surface area contributed by atoms with Crippen molar-refractivity contribution in [1.29, 1.82) is 0 Å². The average Bonchev–Trinajstić information content (AvgIpc) is 3.13. The number of nitrogens with zero attached hydrogens (tertiary/aromatic N) is 1. The number of non-ortho nitro benzene ring substituents is 1. The molecule has 2 unspecified atom stereocenters. The van der Waals surface area contributed by atoms with Crippen LogP contribution in [0.1, 0.15) is 41.4 Å². The van der Waals surface area contributed by atoms with Gasteiger partial charge >= 0.3 is 0 Å². The van der Waals surface area contributed by atoms with E-state index in [1.165, 1.54) is 24.3 Å². The van der Waals surface area contributed by atoms with Gasteiger partial charge in [-0.1, -0.05) is 11.6 Å². The van der Waals surface area contributed by atoms with Crippen molar-refractivity contribution in [3.05, 3.63) is 79.9 Å². The Hall–Kier alpha value is -2.70. The molecule has 7 heteroatoms. The van der Waals surface area contributed by atoms with E-state index in [-0.39, 0.29) is 16.8 Å². The topological polar surface area (TPSA) is 43.1 Å². The molecular formula is C18H11F4NO2. The maximum Gasteiger partial charge on any atom is 0.269 e. The summed E-state index contributed by atoms with van der Waals surface area (Å²) >= 11 is 0.